The maximum atomic E-state index is 12.7. The van der Waals surface area contributed by atoms with Crippen molar-refractivity contribution in [3.63, 3.8) is 0 Å². The van der Waals surface area contributed by atoms with Gasteiger partial charge in [0.05, 0.1) is 24.1 Å². The third-order valence-electron chi connectivity index (χ3n) is 3.40. The summed E-state index contributed by atoms with van der Waals surface area (Å²) in [5.41, 5.74) is -0.713. The first-order valence-electron chi connectivity index (χ1n) is 6.75. The number of alkyl halides is 3. The van der Waals surface area contributed by atoms with Crippen molar-refractivity contribution in [2.45, 2.75) is 13.1 Å². The zero-order valence-electron chi connectivity index (χ0n) is 13.1. The molecule has 1 N–H and O–H groups in total. The number of aromatic nitrogens is 2. The lowest BCUT2D eigenvalue weighted by Gasteiger charge is -2.09. The Labute approximate surface area is 135 Å². The first kappa shape index (κ1) is 17.5. The maximum absolute atomic E-state index is 12.7. The number of hydrogen-bond acceptors (Lipinski definition) is 4. The quantitative estimate of drug-likeness (QED) is 0.872. The van der Waals surface area contributed by atoms with E-state index in [0.717, 1.165) is 25.3 Å². The van der Waals surface area contributed by atoms with Crippen LogP contribution in [0.3, 0.4) is 0 Å². The van der Waals surface area contributed by atoms with Gasteiger partial charge in [0.25, 0.3) is 5.91 Å². The van der Waals surface area contributed by atoms with E-state index < -0.39 is 23.6 Å². The molecule has 128 valence electrons. The van der Waals surface area contributed by atoms with Gasteiger partial charge in [0, 0.05) is 12.6 Å². The Morgan fingerprint density at radius 3 is 2.54 bits per heavy atom. The predicted molar refractivity (Wildman–Crippen MR) is 78.7 cm³/mol. The summed E-state index contributed by atoms with van der Waals surface area (Å²) < 4.78 is 44.1. The second-order valence-electron chi connectivity index (χ2n) is 4.96. The largest absolute Gasteiger partial charge is 0.464 e. The van der Waals surface area contributed by atoms with Crippen LogP contribution in [-0.2, 0) is 18.0 Å². The minimum atomic E-state index is -4.56. The molecule has 0 fully saturated rings. The van der Waals surface area contributed by atoms with E-state index >= 15 is 0 Å². The van der Waals surface area contributed by atoms with Crippen LogP contribution >= 0.6 is 0 Å². The number of nitrogens with zero attached hydrogens (tertiary/aromatic N) is 2. The van der Waals surface area contributed by atoms with Crippen LogP contribution in [-0.4, -0.2) is 28.8 Å². The number of halogens is 3. The molecular formula is C15H14F3N3O3. The Morgan fingerprint density at radius 1 is 1.29 bits per heavy atom. The van der Waals surface area contributed by atoms with Gasteiger partial charge in [-0.05, 0) is 25.1 Å². The summed E-state index contributed by atoms with van der Waals surface area (Å²) in [6.07, 6.45) is -4.56. The molecule has 6 nitrogen and oxygen atoms in total. The van der Waals surface area contributed by atoms with Crippen LogP contribution in [0.4, 0.5) is 18.9 Å². The fraction of sp³-hybridized carbons (Fsp3) is 0.267. The molecule has 2 rings (SSSR count). The lowest BCUT2D eigenvalue weighted by molar-refractivity contribution is -0.137. The average Bonchev–Trinajstić information content (AvgIpc) is 2.81. The number of esters is 1. The normalized spacial score (nSPS) is 11.2. The van der Waals surface area contributed by atoms with Crippen LogP contribution < -0.4 is 5.32 Å². The summed E-state index contributed by atoms with van der Waals surface area (Å²) in [5.74, 6) is -1.56. The number of carbonyl (C=O) groups is 2. The lowest BCUT2D eigenvalue weighted by atomic mass is 10.1. The van der Waals surface area contributed by atoms with Crippen LogP contribution in [0.5, 0.6) is 0 Å². The molecule has 1 aromatic heterocycles. The monoisotopic (exact) mass is 341 g/mol. The second-order valence-corrected chi connectivity index (χ2v) is 4.96. The van der Waals surface area contributed by atoms with E-state index in [9.17, 15) is 22.8 Å². The molecule has 0 saturated heterocycles. The number of aryl methyl sites for hydroxylation is 1. The number of amides is 1. The number of hydrogen-bond donors (Lipinski definition) is 1. The number of rotatable bonds is 3. The minimum absolute atomic E-state index is 0.0896. The van der Waals surface area contributed by atoms with Crippen LogP contribution in [0.25, 0.3) is 0 Å². The maximum Gasteiger partial charge on any atom is 0.416 e. The van der Waals surface area contributed by atoms with Gasteiger partial charge in [0.1, 0.15) is 0 Å². The molecule has 0 aliphatic rings. The summed E-state index contributed by atoms with van der Waals surface area (Å²) in [7, 11) is 2.71. The van der Waals surface area contributed by atoms with Gasteiger partial charge in [-0.25, -0.2) is 4.79 Å². The number of nitrogens with one attached hydrogen (secondary N) is 1. The summed E-state index contributed by atoms with van der Waals surface area (Å²) in [6.45, 7) is 1.60. The molecule has 0 radical (unpaired) electrons. The molecule has 0 saturated carbocycles. The van der Waals surface area contributed by atoms with Crippen LogP contribution in [0, 0.1) is 6.92 Å². The first-order valence-corrected chi connectivity index (χ1v) is 6.75. The minimum Gasteiger partial charge on any atom is -0.464 e. The topological polar surface area (TPSA) is 73.2 Å². The van der Waals surface area contributed by atoms with E-state index in [1.807, 2.05) is 0 Å². The average molecular weight is 341 g/mol. The Kier molecular flexibility index (Phi) is 4.63. The number of methoxy groups -OCH3 is 1. The van der Waals surface area contributed by atoms with Gasteiger partial charge >= 0.3 is 12.1 Å². The van der Waals surface area contributed by atoms with Crippen molar-refractivity contribution in [2.75, 3.05) is 12.4 Å². The zero-order chi connectivity index (χ0) is 18.1. The first-order chi connectivity index (χ1) is 11.1. The zero-order valence-corrected chi connectivity index (χ0v) is 13.1. The van der Waals surface area contributed by atoms with Crippen LogP contribution in [0.2, 0.25) is 0 Å². The Bertz CT molecular complexity index is 797. The highest BCUT2D eigenvalue weighted by molar-refractivity contribution is 6.08. The highest BCUT2D eigenvalue weighted by Crippen LogP contribution is 2.30. The van der Waals surface area contributed by atoms with E-state index in [1.165, 1.54) is 10.7 Å². The molecule has 0 unspecified atom stereocenters. The third kappa shape index (κ3) is 3.39. The fourth-order valence-corrected chi connectivity index (χ4v) is 2.02. The number of carbonyl (C=O) groups excluding carboxylic acids is 2. The summed E-state index contributed by atoms with van der Waals surface area (Å²) in [6, 6.07) is 3.98. The van der Waals surface area contributed by atoms with Gasteiger partial charge in [0.15, 0.2) is 5.69 Å². The van der Waals surface area contributed by atoms with Crippen LogP contribution in [0.1, 0.15) is 32.1 Å². The third-order valence-corrected chi connectivity index (χ3v) is 3.40. The van der Waals surface area contributed by atoms with Crippen molar-refractivity contribution >= 4 is 17.6 Å². The molecule has 9 heteroatoms. The van der Waals surface area contributed by atoms with Crippen molar-refractivity contribution in [3.8, 4) is 0 Å². The van der Waals surface area contributed by atoms with E-state index in [0.29, 0.717) is 5.69 Å². The highest BCUT2D eigenvalue weighted by Gasteiger charge is 2.31. The Morgan fingerprint density at radius 2 is 1.96 bits per heavy atom. The van der Waals surface area contributed by atoms with Crippen molar-refractivity contribution in [1.29, 1.82) is 0 Å². The number of ether oxygens (including phenoxy) is 1. The van der Waals surface area contributed by atoms with E-state index in [2.05, 4.69) is 15.2 Å². The Hall–Kier alpha value is -2.84. The van der Waals surface area contributed by atoms with Gasteiger partial charge < -0.3 is 10.1 Å². The van der Waals surface area contributed by atoms with Gasteiger partial charge in [-0.1, -0.05) is 6.07 Å². The summed E-state index contributed by atoms with van der Waals surface area (Å²) in [5, 5.41) is 6.35. The number of anilines is 1. The molecule has 1 amide bonds. The smallest absolute Gasteiger partial charge is 0.416 e. The summed E-state index contributed by atoms with van der Waals surface area (Å²) >= 11 is 0. The van der Waals surface area contributed by atoms with Crippen molar-refractivity contribution < 1.29 is 27.5 Å². The summed E-state index contributed by atoms with van der Waals surface area (Å²) in [4.78, 5) is 24.0. The van der Waals surface area contributed by atoms with Gasteiger partial charge in [-0.3, -0.25) is 9.48 Å². The fourth-order valence-electron chi connectivity index (χ4n) is 2.02. The molecule has 24 heavy (non-hydrogen) atoms. The standard InChI is InChI=1S/C15H14F3N3O3/c1-8-11(12(14(23)24-3)20-21(8)2)19-13(22)9-5-4-6-10(7-9)15(16,17)18/h4-7H,1-3H3,(H,19,22). The molecule has 1 aromatic carbocycles. The molecule has 0 spiro atoms. The van der Waals surface area contributed by atoms with Gasteiger partial charge in [-0.15, -0.1) is 0 Å². The molecule has 0 aliphatic heterocycles. The van der Waals surface area contributed by atoms with Crippen LogP contribution in [0.15, 0.2) is 24.3 Å². The molecule has 0 aliphatic carbocycles. The van der Waals surface area contributed by atoms with Crippen molar-refractivity contribution in [3.05, 3.63) is 46.8 Å². The van der Waals surface area contributed by atoms with E-state index in [4.69, 9.17) is 0 Å². The van der Waals surface area contributed by atoms with Gasteiger partial charge in [0.2, 0.25) is 0 Å². The van der Waals surface area contributed by atoms with E-state index in [-0.39, 0.29) is 16.9 Å². The molecule has 0 atom stereocenters. The van der Waals surface area contributed by atoms with Crippen molar-refractivity contribution in [2.24, 2.45) is 7.05 Å². The predicted octanol–water partition coefficient (Wildman–Crippen LogP) is 2.79. The van der Waals surface area contributed by atoms with E-state index in [1.54, 1.807) is 14.0 Å². The Balaban J connectivity index is 2.36. The lowest BCUT2D eigenvalue weighted by Crippen LogP contribution is -2.16. The highest BCUT2D eigenvalue weighted by atomic mass is 19.4. The molecular weight excluding hydrogens is 327 g/mol. The molecule has 1 heterocycles. The van der Waals surface area contributed by atoms with Crippen molar-refractivity contribution in [1.82, 2.24) is 9.78 Å². The number of benzene rings is 1. The molecule has 2 aromatic rings. The molecule has 0 bridgehead atoms. The second kappa shape index (κ2) is 6.34. The van der Waals surface area contributed by atoms with Gasteiger partial charge in [-0.2, -0.15) is 18.3 Å². The SMILES string of the molecule is COC(=O)c1nn(C)c(C)c1NC(=O)c1cccc(C(F)(F)F)c1.